The van der Waals surface area contributed by atoms with Crippen LogP contribution in [-0.4, -0.2) is 54.0 Å². The zero-order chi connectivity index (χ0) is 14.9. The summed E-state index contributed by atoms with van der Waals surface area (Å²) in [6, 6.07) is 3.70. The quantitative estimate of drug-likeness (QED) is 0.680. The van der Waals surface area contributed by atoms with Gasteiger partial charge in [0.25, 0.3) is 5.91 Å². The number of pyridine rings is 1. The van der Waals surface area contributed by atoms with Gasteiger partial charge in [0.2, 0.25) is 0 Å². The summed E-state index contributed by atoms with van der Waals surface area (Å²) in [5, 5.41) is 10.1. The topological polar surface area (TPSA) is 81.1 Å². The van der Waals surface area contributed by atoms with Crippen LogP contribution in [0.5, 0.6) is 0 Å². The molecular formula is C14H19N5O2. The van der Waals surface area contributed by atoms with Gasteiger partial charge in [-0.25, -0.2) is 4.68 Å². The summed E-state index contributed by atoms with van der Waals surface area (Å²) in [6.45, 7) is 2.68. The van der Waals surface area contributed by atoms with Gasteiger partial charge in [-0.1, -0.05) is 0 Å². The first-order valence-corrected chi connectivity index (χ1v) is 6.74. The first-order valence-electron chi connectivity index (χ1n) is 6.74. The van der Waals surface area contributed by atoms with Crippen LogP contribution in [0.3, 0.4) is 0 Å². The highest BCUT2D eigenvalue weighted by atomic mass is 16.5. The summed E-state index contributed by atoms with van der Waals surface area (Å²) in [4.78, 5) is 16.0. The third-order valence-corrected chi connectivity index (χ3v) is 2.83. The molecule has 0 bridgehead atoms. The highest BCUT2D eigenvalue weighted by Crippen LogP contribution is 2.05. The van der Waals surface area contributed by atoms with E-state index in [9.17, 15) is 4.79 Å². The Morgan fingerprint density at radius 1 is 1.33 bits per heavy atom. The maximum Gasteiger partial charge on any atom is 0.254 e. The summed E-state index contributed by atoms with van der Waals surface area (Å²) in [5.74, 6) is -0.140. The lowest BCUT2D eigenvalue weighted by Crippen LogP contribution is -2.32. The van der Waals surface area contributed by atoms with Crippen LogP contribution in [0.4, 0.5) is 0 Å². The van der Waals surface area contributed by atoms with E-state index in [2.05, 4.69) is 20.7 Å². The Morgan fingerprint density at radius 2 is 2.24 bits per heavy atom. The molecule has 0 aromatic carbocycles. The number of rotatable bonds is 8. The molecule has 0 fully saturated rings. The second kappa shape index (κ2) is 8.13. The molecule has 7 heteroatoms. The normalized spacial score (nSPS) is 10.5. The fourth-order valence-corrected chi connectivity index (χ4v) is 1.74. The number of hydrogen-bond acceptors (Lipinski definition) is 5. The lowest BCUT2D eigenvalue weighted by atomic mass is 10.3. The largest absolute Gasteiger partial charge is 0.383 e. The predicted octanol–water partition coefficient (Wildman–Crippen LogP) is 0.233. The van der Waals surface area contributed by atoms with E-state index in [-0.39, 0.29) is 5.91 Å². The minimum absolute atomic E-state index is 0.140. The van der Waals surface area contributed by atoms with Gasteiger partial charge in [-0.2, -0.15) is 5.10 Å². The molecular weight excluding hydrogens is 270 g/mol. The Morgan fingerprint density at radius 3 is 3.00 bits per heavy atom. The van der Waals surface area contributed by atoms with E-state index in [0.29, 0.717) is 25.3 Å². The number of ether oxygens (including phenoxy) is 1. The molecule has 1 amide bonds. The number of amides is 1. The molecule has 0 aliphatic carbocycles. The predicted molar refractivity (Wildman–Crippen MR) is 78.4 cm³/mol. The standard InChI is InChI=1S/C14H19N5O2/c1-21-8-7-15-5-6-17-14(20)12-9-18-19(11-12)13-3-2-4-16-10-13/h2-4,9-11,15H,5-8H2,1H3,(H,17,20). The maximum absolute atomic E-state index is 11.9. The van der Waals surface area contributed by atoms with Crippen molar-refractivity contribution in [1.29, 1.82) is 0 Å². The van der Waals surface area contributed by atoms with Crippen LogP contribution in [-0.2, 0) is 4.74 Å². The SMILES string of the molecule is COCCNCCNC(=O)c1cnn(-c2cccnc2)c1. The van der Waals surface area contributed by atoms with Crippen LogP contribution in [0.2, 0.25) is 0 Å². The molecule has 112 valence electrons. The fourth-order valence-electron chi connectivity index (χ4n) is 1.74. The minimum Gasteiger partial charge on any atom is -0.383 e. The number of aromatic nitrogens is 3. The van der Waals surface area contributed by atoms with Gasteiger partial charge in [0.15, 0.2) is 0 Å². The first-order chi connectivity index (χ1) is 10.3. The Bertz CT molecular complexity index is 556. The van der Waals surface area contributed by atoms with Gasteiger partial charge in [0.05, 0.1) is 30.3 Å². The molecule has 0 aliphatic rings. The number of nitrogens with one attached hydrogen (secondary N) is 2. The summed E-state index contributed by atoms with van der Waals surface area (Å²) >= 11 is 0. The van der Waals surface area contributed by atoms with Gasteiger partial charge in [-0.15, -0.1) is 0 Å². The highest BCUT2D eigenvalue weighted by molar-refractivity contribution is 5.93. The molecule has 0 aliphatic heterocycles. The molecule has 0 saturated carbocycles. The molecule has 0 unspecified atom stereocenters. The smallest absolute Gasteiger partial charge is 0.254 e. The summed E-state index contributed by atoms with van der Waals surface area (Å²) in [5.41, 5.74) is 1.34. The van der Waals surface area contributed by atoms with Crippen molar-refractivity contribution in [1.82, 2.24) is 25.4 Å². The van der Waals surface area contributed by atoms with E-state index in [1.165, 1.54) is 0 Å². The number of carbonyl (C=O) groups is 1. The van der Waals surface area contributed by atoms with Crippen molar-refractivity contribution in [2.75, 3.05) is 33.4 Å². The molecule has 0 spiro atoms. The highest BCUT2D eigenvalue weighted by Gasteiger charge is 2.08. The van der Waals surface area contributed by atoms with Crippen LogP contribution < -0.4 is 10.6 Å². The first kappa shape index (κ1) is 15.1. The lowest BCUT2D eigenvalue weighted by molar-refractivity contribution is 0.0953. The van der Waals surface area contributed by atoms with Crippen molar-refractivity contribution in [2.45, 2.75) is 0 Å². The molecule has 21 heavy (non-hydrogen) atoms. The molecule has 2 aromatic rings. The average Bonchev–Trinajstić information content (AvgIpc) is 3.01. The minimum atomic E-state index is -0.140. The summed E-state index contributed by atoms with van der Waals surface area (Å²) in [7, 11) is 1.66. The molecule has 7 nitrogen and oxygen atoms in total. The van der Waals surface area contributed by atoms with Crippen molar-refractivity contribution in [3.8, 4) is 5.69 Å². The summed E-state index contributed by atoms with van der Waals surface area (Å²) < 4.78 is 6.54. The van der Waals surface area contributed by atoms with Gasteiger partial charge < -0.3 is 15.4 Å². The third-order valence-electron chi connectivity index (χ3n) is 2.83. The molecule has 0 atom stereocenters. The monoisotopic (exact) mass is 289 g/mol. The molecule has 2 rings (SSSR count). The van der Waals surface area contributed by atoms with E-state index >= 15 is 0 Å². The number of carbonyl (C=O) groups excluding carboxylic acids is 1. The number of nitrogens with zero attached hydrogens (tertiary/aromatic N) is 3. The van der Waals surface area contributed by atoms with Crippen LogP contribution >= 0.6 is 0 Å². The van der Waals surface area contributed by atoms with Crippen molar-refractivity contribution in [3.63, 3.8) is 0 Å². The Labute approximate surface area is 123 Å². The number of methoxy groups -OCH3 is 1. The van der Waals surface area contributed by atoms with E-state index in [1.54, 1.807) is 36.6 Å². The van der Waals surface area contributed by atoms with Crippen molar-refractivity contribution < 1.29 is 9.53 Å². The van der Waals surface area contributed by atoms with Crippen molar-refractivity contribution in [3.05, 3.63) is 42.5 Å². The van der Waals surface area contributed by atoms with Gasteiger partial charge in [0, 0.05) is 39.1 Å². The Hall–Kier alpha value is -2.25. The zero-order valence-electron chi connectivity index (χ0n) is 12.0. The van der Waals surface area contributed by atoms with E-state index < -0.39 is 0 Å². The van der Waals surface area contributed by atoms with Gasteiger partial charge in [-0.3, -0.25) is 9.78 Å². The zero-order valence-corrected chi connectivity index (χ0v) is 12.0. The fraction of sp³-hybridized carbons (Fsp3) is 0.357. The third kappa shape index (κ3) is 4.66. The molecule has 2 N–H and O–H groups in total. The maximum atomic E-state index is 11.9. The lowest BCUT2D eigenvalue weighted by Gasteiger charge is -2.05. The average molecular weight is 289 g/mol. The molecule has 0 radical (unpaired) electrons. The second-order valence-electron chi connectivity index (χ2n) is 4.38. The van der Waals surface area contributed by atoms with Crippen LogP contribution in [0.25, 0.3) is 5.69 Å². The summed E-state index contributed by atoms with van der Waals surface area (Å²) in [6.07, 6.45) is 6.61. The van der Waals surface area contributed by atoms with Crippen LogP contribution in [0, 0.1) is 0 Å². The molecule has 0 saturated heterocycles. The second-order valence-corrected chi connectivity index (χ2v) is 4.38. The number of hydrogen-bond donors (Lipinski definition) is 2. The van der Waals surface area contributed by atoms with E-state index in [1.807, 2.05) is 12.1 Å². The van der Waals surface area contributed by atoms with Crippen molar-refractivity contribution in [2.24, 2.45) is 0 Å². The Balaban J connectivity index is 1.80. The van der Waals surface area contributed by atoms with Gasteiger partial charge in [0.1, 0.15) is 0 Å². The van der Waals surface area contributed by atoms with E-state index in [4.69, 9.17) is 4.74 Å². The van der Waals surface area contributed by atoms with Gasteiger partial charge >= 0.3 is 0 Å². The van der Waals surface area contributed by atoms with Crippen LogP contribution in [0.15, 0.2) is 36.9 Å². The van der Waals surface area contributed by atoms with Gasteiger partial charge in [-0.05, 0) is 12.1 Å². The molecule has 2 heterocycles. The molecule has 2 aromatic heterocycles. The Kier molecular flexibility index (Phi) is 5.86. The van der Waals surface area contributed by atoms with Crippen molar-refractivity contribution >= 4 is 5.91 Å². The van der Waals surface area contributed by atoms with Crippen LogP contribution in [0.1, 0.15) is 10.4 Å². The van der Waals surface area contributed by atoms with E-state index in [0.717, 1.165) is 12.2 Å².